The van der Waals surface area contributed by atoms with Crippen LogP contribution in [0.2, 0.25) is 0 Å². The molecule has 0 aliphatic rings. The summed E-state index contributed by atoms with van der Waals surface area (Å²) >= 11 is 0. The average molecular weight is 202 g/mol. The summed E-state index contributed by atoms with van der Waals surface area (Å²) in [5.74, 6) is -2.78. The molecule has 5 heteroatoms. The maximum atomic E-state index is 11.1. The molecule has 0 fully saturated rings. The molecule has 0 aliphatic carbocycles. The van der Waals surface area contributed by atoms with Crippen LogP contribution in [0.4, 0.5) is 0 Å². The lowest BCUT2D eigenvalue weighted by atomic mass is 10.0. The van der Waals surface area contributed by atoms with Gasteiger partial charge in [-0.3, -0.25) is 14.4 Å². The van der Waals surface area contributed by atoms with Crippen LogP contribution >= 0.6 is 0 Å². The number of ketones is 1. The summed E-state index contributed by atoms with van der Waals surface area (Å²) in [6, 6.07) is 0. The second-order valence-electron chi connectivity index (χ2n) is 2.70. The van der Waals surface area contributed by atoms with Gasteiger partial charge in [-0.05, 0) is 0 Å². The van der Waals surface area contributed by atoms with Crippen molar-refractivity contribution in [1.29, 1.82) is 0 Å². The summed E-state index contributed by atoms with van der Waals surface area (Å²) in [6.45, 7) is 1.66. The fourth-order valence-electron chi connectivity index (χ4n) is 0.919. The Morgan fingerprint density at radius 3 is 1.79 bits per heavy atom. The highest BCUT2D eigenvalue weighted by Crippen LogP contribution is 2.09. The van der Waals surface area contributed by atoms with E-state index in [4.69, 9.17) is 0 Å². The first-order chi connectivity index (χ1) is 6.56. The van der Waals surface area contributed by atoms with Gasteiger partial charge in [0.1, 0.15) is 5.78 Å². The minimum Gasteiger partial charge on any atom is -0.468 e. The van der Waals surface area contributed by atoms with E-state index < -0.39 is 17.9 Å². The number of esters is 2. The quantitative estimate of drug-likeness (QED) is 0.474. The number of carbonyl (C=O) groups excluding carboxylic acids is 3. The summed E-state index contributed by atoms with van der Waals surface area (Å²) in [4.78, 5) is 33.2. The Bertz CT molecular complexity index is 217. The minimum atomic E-state index is -1.13. The summed E-state index contributed by atoms with van der Waals surface area (Å²) in [5, 5.41) is 0. The topological polar surface area (TPSA) is 69.7 Å². The predicted molar refractivity (Wildman–Crippen MR) is 47.4 cm³/mol. The summed E-state index contributed by atoms with van der Waals surface area (Å²) in [6.07, 6.45) is 0.125. The summed E-state index contributed by atoms with van der Waals surface area (Å²) < 4.78 is 8.78. The molecule has 14 heavy (non-hydrogen) atoms. The smallest absolute Gasteiger partial charge is 0.320 e. The molecule has 0 radical (unpaired) electrons. The number of carbonyl (C=O) groups is 3. The molecule has 0 amide bonds. The predicted octanol–water partition coefficient (Wildman–Crippen LogP) is 0.318. The largest absolute Gasteiger partial charge is 0.468 e. The zero-order valence-electron chi connectivity index (χ0n) is 8.53. The molecule has 0 aromatic carbocycles. The van der Waals surface area contributed by atoms with E-state index in [2.05, 4.69) is 9.47 Å². The average Bonchev–Trinajstić information content (AvgIpc) is 2.23. The number of methoxy groups -OCH3 is 2. The first-order valence-electron chi connectivity index (χ1n) is 4.24. The number of hydrogen-bond donors (Lipinski definition) is 0. The molecule has 0 aromatic rings. The Hall–Kier alpha value is -1.39. The van der Waals surface area contributed by atoms with Crippen LogP contribution in [-0.2, 0) is 23.9 Å². The third-order valence-corrected chi connectivity index (χ3v) is 1.80. The fourth-order valence-corrected chi connectivity index (χ4v) is 0.919. The highest BCUT2D eigenvalue weighted by Gasteiger charge is 2.30. The maximum Gasteiger partial charge on any atom is 0.320 e. The number of hydrogen-bond acceptors (Lipinski definition) is 5. The lowest BCUT2D eigenvalue weighted by molar-refractivity contribution is -0.160. The first-order valence-corrected chi connectivity index (χ1v) is 4.24. The normalized spacial score (nSPS) is 9.71. The van der Waals surface area contributed by atoms with Gasteiger partial charge in [0.05, 0.1) is 14.2 Å². The molecule has 80 valence electrons. The van der Waals surface area contributed by atoms with Crippen LogP contribution < -0.4 is 0 Å². The lowest BCUT2D eigenvalue weighted by Crippen LogP contribution is -2.28. The van der Waals surface area contributed by atoms with E-state index in [9.17, 15) is 14.4 Å². The van der Waals surface area contributed by atoms with Gasteiger partial charge in [0.25, 0.3) is 0 Å². The molecule has 0 spiro atoms. The van der Waals surface area contributed by atoms with Crippen LogP contribution in [0.5, 0.6) is 0 Å². The van der Waals surface area contributed by atoms with Crippen LogP contribution in [-0.4, -0.2) is 31.9 Å². The van der Waals surface area contributed by atoms with Gasteiger partial charge in [0, 0.05) is 12.8 Å². The second kappa shape index (κ2) is 6.12. The van der Waals surface area contributed by atoms with Crippen molar-refractivity contribution < 1.29 is 23.9 Å². The molecule has 0 unspecified atom stereocenters. The van der Waals surface area contributed by atoms with Crippen molar-refractivity contribution in [3.05, 3.63) is 0 Å². The second-order valence-corrected chi connectivity index (χ2v) is 2.70. The van der Waals surface area contributed by atoms with Gasteiger partial charge < -0.3 is 9.47 Å². The van der Waals surface area contributed by atoms with Crippen molar-refractivity contribution in [1.82, 2.24) is 0 Å². The lowest BCUT2D eigenvalue weighted by Gasteiger charge is -2.10. The van der Waals surface area contributed by atoms with E-state index in [-0.39, 0.29) is 18.6 Å². The van der Waals surface area contributed by atoms with E-state index in [1.54, 1.807) is 6.92 Å². The molecule has 0 aromatic heterocycles. The van der Waals surface area contributed by atoms with E-state index in [1.165, 1.54) is 0 Å². The highest BCUT2D eigenvalue weighted by atomic mass is 16.5. The Morgan fingerprint density at radius 2 is 1.50 bits per heavy atom. The Kier molecular flexibility index (Phi) is 5.52. The Morgan fingerprint density at radius 1 is 1.07 bits per heavy atom. The highest BCUT2D eigenvalue weighted by molar-refractivity contribution is 5.99. The van der Waals surface area contributed by atoms with Crippen molar-refractivity contribution in [2.45, 2.75) is 19.8 Å². The molecular formula is C9H14O5. The van der Waals surface area contributed by atoms with E-state index >= 15 is 0 Å². The third-order valence-electron chi connectivity index (χ3n) is 1.80. The van der Waals surface area contributed by atoms with Crippen LogP contribution in [0.15, 0.2) is 0 Å². The monoisotopic (exact) mass is 202 g/mol. The molecule has 0 rings (SSSR count). The standard InChI is InChI=1S/C9H14O5/c1-4-6(10)5-7(8(11)13-2)9(12)14-3/h7H,4-5H2,1-3H3. The van der Waals surface area contributed by atoms with Crippen molar-refractivity contribution in [2.75, 3.05) is 14.2 Å². The number of ether oxygens (including phenoxy) is 2. The molecule has 0 saturated heterocycles. The summed E-state index contributed by atoms with van der Waals surface area (Å²) in [7, 11) is 2.32. The van der Waals surface area contributed by atoms with Gasteiger partial charge in [0.2, 0.25) is 0 Å². The van der Waals surface area contributed by atoms with Crippen molar-refractivity contribution in [2.24, 2.45) is 5.92 Å². The Balaban J connectivity index is 4.48. The molecule has 0 aliphatic heterocycles. The van der Waals surface area contributed by atoms with Crippen molar-refractivity contribution in [3.8, 4) is 0 Å². The molecule has 5 nitrogen and oxygen atoms in total. The molecular weight excluding hydrogens is 188 g/mol. The van der Waals surface area contributed by atoms with Crippen molar-refractivity contribution in [3.63, 3.8) is 0 Å². The number of rotatable bonds is 5. The van der Waals surface area contributed by atoms with Crippen molar-refractivity contribution >= 4 is 17.7 Å². The number of Topliss-reactive ketones (excluding diaryl/α,β-unsaturated/α-hetero) is 1. The van der Waals surface area contributed by atoms with E-state index in [1.807, 2.05) is 0 Å². The molecule has 0 saturated carbocycles. The van der Waals surface area contributed by atoms with Crippen LogP contribution in [0.1, 0.15) is 19.8 Å². The summed E-state index contributed by atoms with van der Waals surface area (Å²) in [5.41, 5.74) is 0. The maximum absolute atomic E-state index is 11.1. The zero-order chi connectivity index (χ0) is 11.1. The van der Waals surface area contributed by atoms with Gasteiger partial charge in [-0.1, -0.05) is 6.92 Å². The van der Waals surface area contributed by atoms with Gasteiger partial charge in [-0.15, -0.1) is 0 Å². The van der Waals surface area contributed by atoms with Gasteiger partial charge in [-0.25, -0.2) is 0 Å². The molecule has 0 N–H and O–H groups in total. The van der Waals surface area contributed by atoms with E-state index in [0.717, 1.165) is 14.2 Å². The molecule has 0 heterocycles. The van der Waals surface area contributed by atoms with E-state index in [0.29, 0.717) is 0 Å². The minimum absolute atomic E-state index is 0.157. The first kappa shape index (κ1) is 12.6. The van der Waals surface area contributed by atoms with Gasteiger partial charge in [-0.2, -0.15) is 0 Å². The van der Waals surface area contributed by atoms with Crippen LogP contribution in [0, 0.1) is 5.92 Å². The van der Waals surface area contributed by atoms with Gasteiger partial charge in [0.15, 0.2) is 5.92 Å². The Labute approximate surface area is 82.4 Å². The van der Waals surface area contributed by atoms with Gasteiger partial charge >= 0.3 is 11.9 Å². The van der Waals surface area contributed by atoms with Crippen LogP contribution in [0.3, 0.4) is 0 Å². The zero-order valence-corrected chi connectivity index (χ0v) is 8.53. The van der Waals surface area contributed by atoms with Crippen LogP contribution in [0.25, 0.3) is 0 Å². The SMILES string of the molecule is CCC(=O)CC(C(=O)OC)C(=O)OC. The molecule has 0 atom stereocenters. The fraction of sp³-hybridized carbons (Fsp3) is 0.667. The molecule has 0 bridgehead atoms. The third kappa shape index (κ3) is 3.55.